The van der Waals surface area contributed by atoms with E-state index in [0.717, 1.165) is 0 Å². The number of hydrogen-bond acceptors (Lipinski definition) is 4. The van der Waals surface area contributed by atoms with Gasteiger partial charge in [-0.25, -0.2) is 0 Å². The number of hydrogen-bond donors (Lipinski definition) is 0. The minimum atomic E-state index is -0.650. The number of carbonyl (C=O) groups excluding carboxylic acids is 4. The van der Waals surface area contributed by atoms with Crippen molar-refractivity contribution in [3.05, 3.63) is 83.9 Å². The molecular weight excluding hydrogens is 356 g/mol. The summed E-state index contributed by atoms with van der Waals surface area (Å²) in [4.78, 5) is 52.3. The zero-order valence-corrected chi connectivity index (χ0v) is 14.5. The van der Waals surface area contributed by atoms with Crippen molar-refractivity contribution in [1.29, 1.82) is 0 Å². The minimum Gasteiger partial charge on any atom is -0.283 e. The number of benzene rings is 3. The number of amides is 2. The van der Waals surface area contributed by atoms with Gasteiger partial charge in [0.15, 0.2) is 0 Å². The second kappa shape index (κ2) is 5.72. The lowest BCUT2D eigenvalue weighted by Gasteiger charge is -2.21. The van der Waals surface area contributed by atoms with Crippen LogP contribution in [0, 0.1) is 0 Å². The van der Waals surface area contributed by atoms with E-state index in [-0.39, 0.29) is 0 Å². The van der Waals surface area contributed by atoms with E-state index in [1.54, 1.807) is 72.8 Å². The molecule has 3 aromatic rings. The molecule has 6 heteroatoms. The molecule has 5 rings (SSSR count). The molecule has 0 bridgehead atoms. The van der Waals surface area contributed by atoms with Crippen LogP contribution in [0.1, 0.15) is 20.7 Å². The standard InChI is InChI=1S/C22H12N2O4/c25-19-15-8-1-3-10-17(15)23(21(19)27)13-6-5-7-14(12-13)24-18-11-4-2-9-16(18)20(26)22(24)28/h1-12H. The summed E-state index contributed by atoms with van der Waals surface area (Å²) in [6.45, 7) is 0. The van der Waals surface area contributed by atoms with Crippen LogP contribution >= 0.6 is 0 Å². The lowest BCUT2D eigenvalue weighted by Crippen LogP contribution is -2.27. The summed E-state index contributed by atoms with van der Waals surface area (Å²) >= 11 is 0. The van der Waals surface area contributed by atoms with Crippen LogP contribution in [-0.2, 0) is 9.59 Å². The van der Waals surface area contributed by atoms with Crippen LogP contribution in [0.2, 0.25) is 0 Å². The van der Waals surface area contributed by atoms with Crippen molar-refractivity contribution in [2.24, 2.45) is 0 Å². The number of carbonyl (C=O) groups is 4. The fourth-order valence-corrected chi connectivity index (χ4v) is 3.66. The highest BCUT2D eigenvalue weighted by molar-refractivity contribution is 6.54. The second-order valence-corrected chi connectivity index (χ2v) is 6.49. The van der Waals surface area contributed by atoms with E-state index < -0.39 is 23.4 Å². The maximum Gasteiger partial charge on any atom is 0.304 e. The van der Waals surface area contributed by atoms with E-state index >= 15 is 0 Å². The van der Waals surface area contributed by atoms with Crippen molar-refractivity contribution in [3.63, 3.8) is 0 Å². The zero-order chi connectivity index (χ0) is 19.4. The Morgan fingerprint density at radius 2 is 0.929 bits per heavy atom. The van der Waals surface area contributed by atoms with Crippen LogP contribution in [0.25, 0.3) is 0 Å². The Labute approximate surface area is 159 Å². The molecule has 0 aromatic heterocycles. The summed E-state index contributed by atoms with van der Waals surface area (Å²) in [7, 11) is 0. The molecule has 2 aliphatic rings. The molecule has 134 valence electrons. The number of ketones is 2. The van der Waals surface area contributed by atoms with Crippen LogP contribution in [0.3, 0.4) is 0 Å². The largest absolute Gasteiger partial charge is 0.304 e. The van der Waals surface area contributed by atoms with Crippen molar-refractivity contribution in [1.82, 2.24) is 0 Å². The molecule has 0 unspecified atom stereocenters. The van der Waals surface area contributed by atoms with E-state index in [4.69, 9.17) is 0 Å². The number of para-hydroxylation sites is 2. The summed E-state index contributed by atoms with van der Waals surface area (Å²) in [5.74, 6) is -2.44. The van der Waals surface area contributed by atoms with E-state index in [0.29, 0.717) is 33.9 Å². The Morgan fingerprint density at radius 1 is 0.500 bits per heavy atom. The molecule has 0 spiro atoms. The highest BCUT2D eigenvalue weighted by atomic mass is 16.2. The van der Waals surface area contributed by atoms with Gasteiger partial charge in [-0.1, -0.05) is 30.3 Å². The number of Topliss-reactive ketones (excluding diaryl/α,β-unsaturated/α-hetero) is 2. The molecule has 28 heavy (non-hydrogen) atoms. The molecule has 3 aromatic carbocycles. The molecule has 0 fully saturated rings. The molecule has 0 N–H and O–H groups in total. The van der Waals surface area contributed by atoms with Gasteiger partial charge >= 0.3 is 11.8 Å². The van der Waals surface area contributed by atoms with E-state index in [9.17, 15) is 19.2 Å². The van der Waals surface area contributed by atoms with Gasteiger partial charge < -0.3 is 0 Å². The first-order valence-corrected chi connectivity index (χ1v) is 8.63. The average molecular weight is 368 g/mol. The van der Waals surface area contributed by atoms with Crippen LogP contribution < -0.4 is 9.80 Å². The lowest BCUT2D eigenvalue weighted by atomic mass is 10.1. The normalized spacial score (nSPS) is 15.3. The van der Waals surface area contributed by atoms with Crippen LogP contribution in [0.4, 0.5) is 22.7 Å². The maximum absolute atomic E-state index is 12.6. The highest BCUT2D eigenvalue weighted by Crippen LogP contribution is 2.40. The lowest BCUT2D eigenvalue weighted by molar-refractivity contribution is -0.114. The van der Waals surface area contributed by atoms with Gasteiger partial charge in [0.2, 0.25) is 0 Å². The average Bonchev–Trinajstić information content (AvgIpc) is 3.13. The first-order valence-electron chi connectivity index (χ1n) is 8.63. The molecular formula is C22H12N2O4. The Balaban J connectivity index is 1.63. The Morgan fingerprint density at radius 3 is 1.39 bits per heavy atom. The van der Waals surface area contributed by atoms with E-state index in [2.05, 4.69) is 0 Å². The number of fused-ring (bicyclic) bond motifs is 2. The van der Waals surface area contributed by atoms with Gasteiger partial charge in [0.25, 0.3) is 11.6 Å². The summed E-state index contributed by atoms with van der Waals surface area (Å²) in [6, 6.07) is 20.2. The molecule has 0 saturated carbocycles. The summed E-state index contributed by atoms with van der Waals surface area (Å²) in [5.41, 5.74) is 2.58. The first-order chi connectivity index (χ1) is 13.6. The van der Waals surface area contributed by atoms with E-state index in [1.807, 2.05) is 0 Å². The fraction of sp³-hybridized carbons (Fsp3) is 0. The molecule has 0 radical (unpaired) electrons. The van der Waals surface area contributed by atoms with Gasteiger partial charge in [-0.15, -0.1) is 0 Å². The zero-order valence-electron chi connectivity index (χ0n) is 14.5. The topological polar surface area (TPSA) is 74.8 Å². The van der Waals surface area contributed by atoms with Gasteiger partial charge in [0.1, 0.15) is 0 Å². The Kier molecular flexibility index (Phi) is 3.30. The smallest absolute Gasteiger partial charge is 0.283 e. The van der Waals surface area contributed by atoms with Crippen molar-refractivity contribution in [2.45, 2.75) is 0 Å². The molecule has 2 heterocycles. The van der Waals surface area contributed by atoms with Crippen molar-refractivity contribution < 1.29 is 19.2 Å². The minimum absolute atomic E-state index is 0.343. The third-order valence-electron chi connectivity index (χ3n) is 4.92. The maximum atomic E-state index is 12.6. The van der Waals surface area contributed by atoms with Gasteiger partial charge in [-0.3, -0.25) is 29.0 Å². The molecule has 2 amide bonds. The predicted molar refractivity (Wildman–Crippen MR) is 102 cm³/mol. The fourth-order valence-electron chi connectivity index (χ4n) is 3.66. The first kappa shape index (κ1) is 16.1. The van der Waals surface area contributed by atoms with Crippen molar-refractivity contribution >= 4 is 46.1 Å². The monoisotopic (exact) mass is 368 g/mol. The molecule has 2 aliphatic heterocycles. The summed E-state index contributed by atoms with van der Waals surface area (Å²) in [5, 5.41) is 0. The number of anilines is 4. The van der Waals surface area contributed by atoms with Crippen LogP contribution in [0.15, 0.2) is 72.8 Å². The Hall–Kier alpha value is -4.06. The van der Waals surface area contributed by atoms with E-state index in [1.165, 1.54) is 9.80 Å². The Bertz CT molecular complexity index is 1120. The third kappa shape index (κ3) is 2.08. The van der Waals surface area contributed by atoms with Crippen LogP contribution in [-0.4, -0.2) is 23.4 Å². The second-order valence-electron chi connectivity index (χ2n) is 6.49. The van der Waals surface area contributed by atoms with Gasteiger partial charge in [0, 0.05) is 0 Å². The predicted octanol–water partition coefficient (Wildman–Crippen LogP) is 3.41. The molecule has 0 atom stereocenters. The summed E-state index contributed by atoms with van der Waals surface area (Å²) < 4.78 is 0. The number of rotatable bonds is 2. The van der Waals surface area contributed by atoms with Gasteiger partial charge in [-0.05, 0) is 42.5 Å². The number of nitrogens with zero attached hydrogens (tertiary/aromatic N) is 2. The third-order valence-corrected chi connectivity index (χ3v) is 4.92. The van der Waals surface area contributed by atoms with Crippen molar-refractivity contribution in [2.75, 3.05) is 9.80 Å². The molecule has 0 saturated heterocycles. The molecule has 6 nitrogen and oxygen atoms in total. The molecule has 0 aliphatic carbocycles. The van der Waals surface area contributed by atoms with Crippen molar-refractivity contribution in [3.8, 4) is 0 Å². The highest BCUT2D eigenvalue weighted by Gasteiger charge is 2.39. The quantitative estimate of drug-likeness (QED) is 0.650. The SMILES string of the molecule is O=C1C(=O)N(c2cccc(N3C(=O)C(=O)c4ccccc43)c2)c2ccccc21. The summed E-state index contributed by atoms with van der Waals surface area (Å²) in [6.07, 6.45) is 0. The van der Waals surface area contributed by atoms with Gasteiger partial charge in [-0.2, -0.15) is 0 Å². The van der Waals surface area contributed by atoms with Gasteiger partial charge in [0.05, 0.1) is 33.9 Å². The van der Waals surface area contributed by atoms with Crippen LogP contribution in [0.5, 0.6) is 0 Å².